The molecule has 1 N–H and O–H groups in total. The lowest BCUT2D eigenvalue weighted by Gasteiger charge is -2.05. The van der Waals surface area contributed by atoms with E-state index in [1.54, 1.807) is 11.9 Å². The van der Waals surface area contributed by atoms with Crippen LogP contribution in [0.3, 0.4) is 0 Å². The fourth-order valence-electron chi connectivity index (χ4n) is 2.03. The molecule has 0 spiro atoms. The van der Waals surface area contributed by atoms with Crippen molar-refractivity contribution in [2.24, 2.45) is 7.05 Å². The average molecular weight is 295 g/mol. The van der Waals surface area contributed by atoms with Crippen molar-refractivity contribution in [1.82, 2.24) is 9.78 Å². The molecule has 106 valence electrons. The van der Waals surface area contributed by atoms with E-state index in [1.165, 1.54) is 10.5 Å². The minimum absolute atomic E-state index is 0.977. The summed E-state index contributed by atoms with van der Waals surface area (Å²) >= 11 is 1.59. The predicted molar refractivity (Wildman–Crippen MR) is 89.3 cm³/mol. The van der Waals surface area contributed by atoms with Crippen molar-refractivity contribution < 1.29 is 0 Å². The highest BCUT2D eigenvalue weighted by atomic mass is 32.2. The summed E-state index contributed by atoms with van der Waals surface area (Å²) in [5, 5.41) is 4.55. The van der Waals surface area contributed by atoms with Crippen molar-refractivity contribution in [2.75, 3.05) is 4.72 Å². The second-order valence-electron chi connectivity index (χ2n) is 4.92. The topological polar surface area (TPSA) is 29.9 Å². The lowest BCUT2D eigenvalue weighted by molar-refractivity contribution is 0.782. The van der Waals surface area contributed by atoms with Gasteiger partial charge in [0.15, 0.2) is 0 Å². The standard InChI is InChI=1S/C17H17N3S/c1-13-8-10-15(11-9-13)21-19-17-12-16(18-20(17)2)14-6-4-3-5-7-14/h3-12,19H,1-2H3. The maximum Gasteiger partial charge on any atom is 0.134 e. The Hall–Kier alpha value is -2.20. The number of nitrogens with one attached hydrogen (secondary N) is 1. The third-order valence-corrected chi connectivity index (χ3v) is 4.06. The van der Waals surface area contributed by atoms with Gasteiger partial charge in [0, 0.05) is 23.6 Å². The van der Waals surface area contributed by atoms with E-state index in [0.717, 1.165) is 17.1 Å². The maximum absolute atomic E-state index is 4.55. The molecule has 1 aromatic heterocycles. The van der Waals surface area contributed by atoms with Crippen LogP contribution < -0.4 is 4.72 Å². The van der Waals surface area contributed by atoms with Gasteiger partial charge in [-0.3, -0.25) is 4.68 Å². The molecular weight excluding hydrogens is 278 g/mol. The van der Waals surface area contributed by atoms with E-state index in [0.29, 0.717) is 0 Å². The van der Waals surface area contributed by atoms with Crippen LogP contribution in [0.2, 0.25) is 0 Å². The predicted octanol–water partition coefficient (Wildman–Crippen LogP) is 4.51. The Morgan fingerprint density at radius 3 is 2.43 bits per heavy atom. The van der Waals surface area contributed by atoms with E-state index in [1.807, 2.05) is 29.9 Å². The van der Waals surface area contributed by atoms with Gasteiger partial charge in [0.1, 0.15) is 5.82 Å². The Balaban J connectivity index is 1.74. The van der Waals surface area contributed by atoms with Gasteiger partial charge in [0.05, 0.1) is 5.69 Å². The summed E-state index contributed by atoms with van der Waals surface area (Å²) in [4.78, 5) is 1.18. The van der Waals surface area contributed by atoms with E-state index in [-0.39, 0.29) is 0 Å². The molecule has 0 amide bonds. The zero-order chi connectivity index (χ0) is 14.7. The first-order valence-corrected chi connectivity index (χ1v) is 7.63. The molecule has 2 aromatic carbocycles. The molecule has 0 aliphatic carbocycles. The molecule has 0 atom stereocenters. The molecule has 0 radical (unpaired) electrons. The van der Waals surface area contributed by atoms with Gasteiger partial charge in [-0.2, -0.15) is 5.10 Å². The molecule has 0 saturated heterocycles. The molecule has 0 unspecified atom stereocenters. The fraction of sp³-hybridized carbons (Fsp3) is 0.118. The Morgan fingerprint density at radius 1 is 1.00 bits per heavy atom. The number of hydrogen-bond donors (Lipinski definition) is 1. The molecule has 3 rings (SSSR count). The van der Waals surface area contributed by atoms with Crippen LogP contribution in [0.25, 0.3) is 11.3 Å². The highest BCUT2D eigenvalue weighted by molar-refractivity contribution is 8.00. The lowest BCUT2D eigenvalue weighted by Crippen LogP contribution is -1.97. The Morgan fingerprint density at radius 2 is 1.71 bits per heavy atom. The third kappa shape index (κ3) is 3.28. The molecule has 0 aliphatic rings. The molecule has 0 saturated carbocycles. The summed E-state index contributed by atoms with van der Waals surface area (Å²) in [7, 11) is 1.95. The number of aryl methyl sites for hydroxylation is 2. The van der Waals surface area contributed by atoms with Crippen LogP contribution in [0.15, 0.2) is 65.6 Å². The molecule has 0 bridgehead atoms. The summed E-state index contributed by atoms with van der Waals surface area (Å²) < 4.78 is 5.22. The molecule has 1 heterocycles. The number of benzene rings is 2. The second kappa shape index (κ2) is 6.06. The molecule has 4 heteroatoms. The highest BCUT2D eigenvalue weighted by Gasteiger charge is 2.07. The van der Waals surface area contributed by atoms with Crippen LogP contribution in [0.1, 0.15) is 5.56 Å². The normalized spacial score (nSPS) is 10.6. The minimum atomic E-state index is 0.977. The fourth-order valence-corrected chi connectivity index (χ4v) is 2.72. The SMILES string of the molecule is Cc1ccc(SNc2cc(-c3ccccc3)nn2C)cc1. The first kappa shape index (κ1) is 13.8. The van der Waals surface area contributed by atoms with Crippen LogP contribution in [-0.2, 0) is 7.05 Å². The van der Waals surface area contributed by atoms with Crippen LogP contribution in [-0.4, -0.2) is 9.78 Å². The molecule has 0 aliphatic heterocycles. The number of aromatic nitrogens is 2. The lowest BCUT2D eigenvalue weighted by atomic mass is 10.2. The van der Waals surface area contributed by atoms with E-state index < -0.39 is 0 Å². The zero-order valence-corrected chi connectivity index (χ0v) is 12.9. The smallest absolute Gasteiger partial charge is 0.134 e. The van der Waals surface area contributed by atoms with E-state index in [9.17, 15) is 0 Å². The Labute approximate surface area is 129 Å². The van der Waals surface area contributed by atoms with Crippen LogP contribution in [0.5, 0.6) is 0 Å². The van der Waals surface area contributed by atoms with Gasteiger partial charge in [-0.15, -0.1) is 0 Å². The van der Waals surface area contributed by atoms with Gasteiger partial charge >= 0.3 is 0 Å². The van der Waals surface area contributed by atoms with Gasteiger partial charge in [0.2, 0.25) is 0 Å². The number of hydrogen-bond acceptors (Lipinski definition) is 3. The number of rotatable bonds is 4. The molecular formula is C17H17N3S. The quantitative estimate of drug-likeness (QED) is 0.718. The summed E-state index contributed by atoms with van der Waals surface area (Å²) in [6.45, 7) is 2.09. The van der Waals surface area contributed by atoms with Crippen molar-refractivity contribution in [2.45, 2.75) is 11.8 Å². The van der Waals surface area contributed by atoms with E-state index >= 15 is 0 Å². The van der Waals surface area contributed by atoms with Crippen LogP contribution in [0, 0.1) is 6.92 Å². The third-order valence-electron chi connectivity index (χ3n) is 3.24. The molecule has 0 fully saturated rings. The summed E-state index contributed by atoms with van der Waals surface area (Å²) in [5.74, 6) is 0.986. The Kier molecular flexibility index (Phi) is 3.97. The summed E-state index contributed by atoms with van der Waals surface area (Å²) in [6, 6.07) is 20.7. The molecule has 3 aromatic rings. The number of nitrogens with zero attached hydrogens (tertiary/aromatic N) is 2. The van der Waals surface area contributed by atoms with Gasteiger partial charge in [0.25, 0.3) is 0 Å². The first-order chi connectivity index (χ1) is 10.2. The highest BCUT2D eigenvalue weighted by Crippen LogP contribution is 2.25. The van der Waals surface area contributed by atoms with E-state index in [4.69, 9.17) is 0 Å². The van der Waals surface area contributed by atoms with Gasteiger partial charge < -0.3 is 4.72 Å². The molecule has 21 heavy (non-hydrogen) atoms. The van der Waals surface area contributed by atoms with Crippen LogP contribution in [0.4, 0.5) is 5.82 Å². The van der Waals surface area contributed by atoms with Crippen molar-refractivity contribution in [3.05, 3.63) is 66.2 Å². The molecule has 3 nitrogen and oxygen atoms in total. The maximum atomic E-state index is 4.55. The van der Waals surface area contributed by atoms with Crippen molar-refractivity contribution in [3.8, 4) is 11.3 Å². The largest absolute Gasteiger partial charge is 0.310 e. The minimum Gasteiger partial charge on any atom is -0.310 e. The Bertz CT molecular complexity index is 718. The monoisotopic (exact) mass is 295 g/mol. The summed E-state index contributed by atoms with van der Waals surface area (Å²) in [5.41, 5.74) is 3.37. The summed E-state index contributed by atoms with van der Waals surface area (Å²) in [6.07, 6.45) is 0. The van der Waals surface area contributed by atoms with Crippen molar-refractivity contribution in [3.63, 3.8) is 0 Å². The van der Waals surface area contributed by atoms with Gasteiger partial charge in [-0.25, -0.2) is 0 Å². The zero-order valence-electron chi connectivity index (χ0n) is 12.1. The van der Waals surface area contributed by atoms with Crippen molar-refractivity contribution in [1.29, 1.82) is 0 Å². The van der Waals surface area contributed by atoms with Gasteiger partial charge in [-0.1, -0.05) is 48.0 Å². The van der Waals surface area contributed by atoms with Crippen LogP contribution >= 0.6 is 11.9 Å². The number of anilines is 1. The van der Waals surface area contributed by atoms with Crippen molar-refractivity contribution >= 4 is 17.8 Å². The first-order valence-electron chi connectivity index (χ1n) is 6.81. The second-order valence-corrected chi connectivity index (χ2v) is 5.80. The van der Waals surface area contributed by atoms with E-state index in [2.05, 4.69) is 59.2 Å². The van der Waals surface area contributed by atoms with Gasteiger partial charge in [-0.05, 0) is 31.0 Å². The average Bonchev–Trinajstić information content (AvgIpc) is 2.89.